The van der Waals surface area contributed by atoms with E-state index in [2.05, 4.69) is 5.32 Å². The molecule has 0 bridgehead atoms. The first-order chi connectivity index (χ1) is 18.5. The second-order valence-electron chi connectivity index (χ2n) is 8.87. The zero-order chi connectivity index (χ0) is 28.7. The molecule has 1 atom stereocenters. The molecule has 0 aromatic heterocycles. The van der Waals surface area contributed by atoms with E-state index in [4.69, 9.17) is 27.9 Å². The fourth-order valence-electron chi connectivity index (χ4n) is 3.91. The zero-order valence-corrected chi connectivity index (χ0v) is 24.5. The number of hydrogen-bond acceptors (Lipinski definition) is 5. The molecule has 0 radical (unpaired) electrons. The van der Waals surface area contributed by atoms with Gasteiger partial charge in [0.2, 0.25) is 11.8 Å². The quantitative estimate of drug-likeness (QED) is 0.336. The van der Waals surface area contributed by atoms with Crippen molar-refractivity contribution in [3.63, 3.8) is 0 Å². The van der Waals surface area contributed by atoms with Crippen LogP contribution in [0.4, 0.5) is 5.69 Å². The third kappa shape index (κ3) is 7.44. The Bertz CT molecular complexity index is 1430. The molecule has 0 aliphatic carbocycles. The fraction of sp³-hybridized carbons (Fsp3) is 0.286. The normalized spacial score (nSPS) is 11.9. The van der Waals surface area contributed by atoms with Gasteiger partial charge in [0, 0.05) is 18.1 Å². The van der Waals surface area contributed by atoms with Crippen LogP contribution in [-0.2, 0) is 26.2 Å². The van der Waals surface area contributed by atoms with Crippen LogP contribution in [0.5, 0.6) is 5.75 Å². The fourth-order valence-corrected chi connectivity index (χ4v) is 5.78. The predicted octanol–water partition coefficient (Wildman–Crippen LogP) is 5.06. The molecular formula is C28H31Cl2N3O5S. The minimum atomic E-state index is -4.21. The van der Waals surface area contributed by atoms with Gasteiger partial charge in [-0.15, -0.1) is 0 Å². The summed E-state index contributed by atoms with van der Waals surface area (Å²) in [5, 5.41) is 3.38. The second-order valence-corrected chi connectivity index (χ2v) is 11.6. The molecule has 0 saturated heterocycles. The van der Waals surface area contributed by atoms with Crippen molar-refractivity contribution in [1.82, 2.24) is 10.2 Å². The number of likely N-dealkylation sites (N-methyl/N-ethyl adjacent to an activating group) is 1. The van der Waals surface area contributed by atoms with Gasteiger partial charge < -0.3 is 15.0 Å². The number of amides is 2. The van der Waals surface area contributed by atoms with Crippen LogP contribution in [0.1, 0.15) is 25.0 Å². The SMILES string of the molecule is CCNC(=O)C(C)N(Cc1cccc(Cl)c1)C(=O)CN(c1ccc(OC)c(Cl)c1)S(=O)(=O)c1ccc(C)cc1. The van der Waals surface area contributed by atoms with E-state index >= 15 is 0 Å². The highest BCUT2D eigenvalue weighted by atomic mass is 35.5. The number of nitrogens with one attached hydrogen (secondary N) is 1. The molecule has 0 heterocycles. The molecule has 0 spiro atoms. The lowest BCUT2D eigenvalue weighted by Crippen LogP contribution is -2.51. The summed E-state index contributed by atoms with van der Waals surface area (Å²) in [5.74, 6) is -0.600. The summed E-state index contributed by atoms with van der Waals surface area (Å²) in [7, 11) is -2.76. The summed E-state index contributed by atoms with van der Waals surface area (Å²) in [5.41, 5.74) is 1.74. The molecule has 208 valence electrons. The Morgan fingerprint density at radius 3 is 2.31 bits per heavy atom. The van der Waals surface area contributed by atoms with Gasteiger partial charge >= 0.3 is 0 Å². The first-order valence-electron chi connectivity index (χ1n) is 12.2. The van der Waals surface area contributed by atoms with Crippen LogP contribution in [-0.4, -0.2) is 51.4 Å². The highest BCUT2D eigenvalue weighted by Gasteiger charge is 2.32. The van der Waals surface area contributed by atoms with Gasteiger partial charge in [-0.2, -0.15) is 0 Å². The third-order valence-corrected chi connectivity index (χ3v) is 8.39. The standard InChI is InChI=1S/C28H31Cl2N3O5S/c1-5-31-28(35)20(3)32(17-21-7-6-8-22(29)15-21)27(34)18-33(23-11-14-26(38-4)25(30)16-23)39(36,37)24-12-9-19(2)10-13-24/h6-16,20H,5,17-18H2,1-4H3,(H,31,35). The summed E-state index contributed by atoms with van der Waals surface area (Å²) in [6.07, 6.45) is 0. The van der Waals surface area contributed by atoms with Crippen LogP contribution >= 0.6 is 23.2 Å². The molecule has 1 N–H and O–H groups in total. The largest absolute Gasteiger partial charge is 0.495 e. The molecule has 3 aromatic carbocycles. The third-order valence-electron chi connectivity index (χ3n) is 6.07. The van der Waals surface area contributed by atoms with E-state index in [-0.39, 0.29) is 28.1 Å². The number of benzene rings is 3. The van der Waals surface area contributed by atoms with E-state index in [0.29, 0.717) is 22.9 Å². The number of anilines is 1. The van der Waals surface area contributed by atoms with Gasteiger partial charge in [0.25, 0.3) is 10.0 Å². The smallest absolute Gasteiger partial charge is 0.264 e. The van der Waals surface area contributed by atoms with Crippen molar-refractivity contribution in [2.45, 2.75) is 38.3 Å². The number of ether oxygens (including phenoxy) is 1. The molecule has 39 heavy (non-hydrogen) atoms. The number of halogens is 2. The second kappa shape index (κ2) is 13.2. The molecule has 0 aliphatic heterocycles. The molecule has 1 unspecified atom stereocenters. The van der Waals surface area contributed by atoms with Crippen molar-refractivity contribution >= 4 is 50.7 Å². The Labute approximate surface area is 239 Å². The number of rotatable bonds is 11. The van der Waals surface area contributed by atoms with Gasteiger partial charge in [-0.05, 0) is 68.8 Å². The lowest BCUT2D eigenvalue weighted by atomic mass is 10.1. The van der Waals surface area contributed by atoms with Crippen molar-refractivity contribution in [3.8, 4) is 5.75 Å². The van der Waals surface area contributed by atoms with Crippen LogP contribution < -0.4 is 14.4 Å². The van der Waals surface area contributed by atoms with E-state index in [1.54, 1.807) is 50.2 Å². The first kappa shape index (κ1) is 30.3. The number of sulfonamides is 1. The van der Waals surface area contributed by atoms with Crippen LogP contribution in [0.2, 0.25) is 10.0 Å². The van der Waals surface area contributed by atoms with Crippen molar-refractivity contribution in [3.05, 3.63) is 87.9 Å². The van der Waals surface area contributed by atoms with Gasteiger partial charge in [-0.1, -0.05) is 53.0 Å². The van der Waals surface area contributed by atoms with Gasteiger partial charge in [-0.3, -0.25) is 13.9 Å². The molecule has 3 rings (SSSR count). The minimum Gasteiger partial charge on any atom is -0.495 e. The number of methoxy groups -OCH3 is 1. The molecule has 2 amide bonds. The first-order valence-corrected chi connectivity index (χ1v) is 14.4. The molecular weight excluding hydrogens is 561 g/mol. The Morgan fingerprint density at radius 1 is 1.03 bits per heavy atom. The monoisotopic (exact) mass is 591 g/mol. The van der Waals surface area contributed by atoms with Crippen LogP contribution in [0, 0.1) is 6.92 Å². The maximum absolute atomic E-state index is 13.9. The number of hydrogen-bond donors (Lipinski definition) is 1. The van der Waals surface area contributed by atoms with Crippen molar-refractivity contribution in [2.24, 2.45) is 0 Å². The molecule has 0 saturated carbocycles. The lowest BCUT2D eigenvalue weighted by Gasteiger charge is -2.32. The Morgan fingerprint density at radius 2 is 1.72 bits per heavy atom. The van der Waals surface area contributed by atoms with Gasteiger partial charge in [0.1, 0.15) is 18.3 Å². The molecule has 3 aromatic rings. The average molecular weight is 593 g/mol. The van der Waals surface area contributed by atoms with Crippen molar-refractivity contribution in [2.75, 3.05) is 24.5 Å². The summed E-state index contributed by atoms with van der Waals surface area (Å²) < 4.78 is 33.9. The molecule has 0 fully saturated rings. The van der Waals surface area contributed by atoms with E-state index < -0.39 is 28.5 Å². The van der Waals surface area contributed by atoms with Crippen molar-refractivity contribution < 1.29 is 22.7 Å². The zero-order valence-electron chi connectivity index (χ0n) is 22.1. The number of carbonyl (C=O) groups is 2. The Hall–Kier alpha value is -3.27. The average Bonchev–Trinajstić information content (AvgIpc) is 2.90. The van der Waals surface area contributed by atoms with Crippen LogP contribution in [0.25, 0.3) is 0 Å². The molecule has 0 aliphatic rings. The number of carbonyl (C=O) groups excluding carboxylic acids is 2. The van der Waals surface area contributed by atoms with Crippen LogP contribution in [0.15, 0.2) is 71.6 Å². The summed E-state index contributed by atoms with van der Waals surface area (Å²) in [6, 6.07) is 16.8. The number of aryl methyl sites for hydroxylation is 1. The van der Waals surface area contributed by atoms with E-state index in [9.17, 15) is 18.0 Å². The summed E-state index contributed by atoms with van der Waals surface area (Å²) in [4.78, 5) is 28.0. The Kier molecular flexibility index (Phi) is 10.2. The van der Waals surface area contributed by atoms with E-state index in [0.717, 1.165) is 9.87 Å². The van der Waals surface area contributed by atoms with Crippen LogP contribution in [0.3, 0.4) is 0 Å². The number of nitrogens with zero attached hydrogens (tertiary/aromatic N) is 2. The van der Waals surface area contributed by atoms with E-state index in [1.165, 1.54) is 42.3 Å². The molecule has 11 heteroatoms. The minimum absolute atomic E-state index is 0.00556. The summed E-state index contributed by atoms with van der Waals surface area (Å²) >= 11 is 12.5. The van der Waals surface area contributed by atoms with E-state index in [1.807, 2.05) is 6.92 Å². The van der Waals surface area contributed by atoms with Gasteiger partial charge in [0.15, 0.2) is 0 Å². The maximum Gasteiger partial charge on any atom is 0.264 e. The highest BCUT2D eigenvalue weighted by molar-refractivity contribution is 7.92. The summed E-state index contributed by atoms with van der Waals surface area (Å²) in [6.45, 7) is 5.05. The predicted molar refractivity (Wildman–Crippen MR) is 154 cm³/mol. The Balaban J connectivity index is 2.07. The molecule has 8 nitrogen and oxygen atoms in total. The topological polar surface area (TPSA) is 96.0 Å². The van der Waals surface area contributed by atoms with Gasteiger partial charge in [0.05, 0.1) is 22.7 Å². The van der Waals surface area contributed by atoms with Crippen molar-refractivity contribution in [1.29, 1.82) is 0 Å². The van der Waals surface area contributed by atoms with Gasteiger partial charge in [-0.25, -0.2) is 8.42 Å². The maximum atomic E-state index is 13.9. The lowest BCUT2D eigenvalue weighted by molar-refractivity contribution is -0.139. The highest BCUT2D eigenvalue weighted by Crippen LogP contribution is 2.32.